The second-order valence-electron chi connectivity index (χ2n) is 7.09. The van der Waals surface area contributed by atoms with Crippen molar-refractivity contribution in [1.82, 2.24) is 10.6 Å². The number of unbranched alkanes of at least 4 members (excludes halogenated alkanes) is 1. The van der Waals surface area contributed by atoms with Gasteiger partial charge in [0.25, 0.3) is 0 Å². The molecule has 1 unspecified atom stereocenters. The van der Waals surface area contributed by atoms with Crippen molar-refractivity contribution in [2.45, 2.75) is 62.2 Å². The highest BCUT2D eigenvalue weighted by Gasteiger charge is 2.42. The molecule has 28 heavy (non-hydrogen) atoms. The minimum atomic E-state index is -0.537. The van der Waals surface area contributed by atoms with E-state index in [1.165, 1.54) is 0 Å². The van der Waals surface area contributed by atoms with Gasteiger partial charge in [-0.25, -0.2) is 4.79 Å². The third-order valence-electron chi connectivity index (χ3n) is 4.78. The molecule has 0 spiro atoms. The predicted octanol–water partition coefficient (Wildman–Crippen LogP) is -0.0369. The molecular weight excluding hydrogens is 384 g/mol. The molecule has 0 aromatic heterocycles. The molecule has 2 fully saturated rings. The van der Waals surface area contributed by atoms with Crippen LogP contribution in [0.2, 0.25) is 0 Å². The number of ketones is 1. The zero-order valence-corrected chi connectivity index (χ0v) is 17.4. The van der Waals surface area contributed by atoms with Gasteiger partial charge >= 0.3 is 6.03 Å². The molecule has 6 N–H and O–H groups in total. The fourth-order valence-electron chi connectivity index (χ4n) is 3.41. The number of carbonyl (C=O) groups excluding carboxylic acids is 2. The summed E-state index contributed by atoms with van der Waals surface area (Å²) < 4.78 is 16.3. The molecule has 2 aliphatic rings. The molecule has 2 rings (SSSR count). The lowest BCUT2D eigenvalue weighted by molar-refractivity contribution is -0.135. The van der Waals surface area contributed by atoms with E-state index in [-0.39, 0.29) is 37.1 Å². The summed E-state index contributed by atoms with van der Waals surface area (Å²) in [5.74, 6) is 1.03. The molecule has 0 bridgehead atoms. The minimum absolute atomic E-state index is 0.0636. The fourth-order valence-corrected chi connectivity index (χ4v) is 4.96. The number of thioether (sulfide) groups is 1. The van der Waals surface area contributed by atoms with Gasteiger partial charge in [0, 0.05) is 24.0 Å². The maximum Gasteiger partial charge on any atom is 0.315 e. The predicted molar refractivity (Wildman–Crippen MR) is 108 cm³/mol. The Balaban J connectivity index is 1.57. The normalized spacial score (nSPS) is 24.9. The van der Waals surface area contributed by atoms with Gasteiger partial charge in [-0.3, -0.25) is 4.79 Å². The molecule has 0 radical (unpaired) electrons. The summed E-state index contributed by atoms with van der Waals surface area (Å²) in [7, 11) is 0. The number of hydrogen-bond acceptors (Lipinski definition) is 8. The molecule has 2 amide bonds. The Morgan fingerprint density at radius 1 is 1.21 bits per heavy atom. The summed E-state index contributed by atoms with van der Waals surface area (Å²) in [5.41, 5.74) is 10.8. The number of ether oxygens (including phenoxy) is 3. The van der Waals surface area contributed by atoms with Crippen LogP contribution < -0.4 is 22.1 Å². The number of nitrogens with one attached hydrogen (secondary N) is 2. The summed E-state index contributed by atoms with van der Waals surface area (Å²) in [6, 6.07) is 0.397. The number of hydrogen-bond donors (Lipinski definition) is 4. The second kappa shape index (κ2) is 12.6. The van der Waals surface area contributed by atoms with Crippen LogP contribution in [0.1, 0.15) is 32.6 Å². The topological polar surface area (TPSA) is 138 Å². The van der Waals surface area contributed by atoms with Crippen LogP contribution in [0.4, 0.5) is 4.79 Å². The Morgan fingerprint density at radius 3 is 2.68 bits per heavy atom. The van der Waals surface area contributed by atoms with Crippen molar-refractivity contribution in [3.05, 3.63) is 0 Å². The summed E-state index contributed by atoms with van der Waals surface area (Å²) in [6.45, 7) is 3.58. The molecule has 0 aliphatic carbocycles. The molecule has 2 aliphatic heterocycles. The van der Waals surface area contributed by atoms with Crippen LogP contribution in [0.3, 0.4) is 0 Å². The van der Waals surface area contributed by atoms with Gasteiger partial charge in [0.2, 0.25) is 0 Å². The van der Waals surface area contributed by atoms with Crippen LogP contribution in [0.15, 0.2) is 0 Å². The molecular formula is C18H34N4O5S. The zero-order valence-electron chi connectivity index (χ0n) is 16.6. The highest BCUT2D eigenvalue weighted by Crippen LogP contribution is 2.33. The Bertz CT molecular complexity index is 497. The first-order chi connectivity index (χ1) is 13.5. The third-order valence-corrected chi connectivity index (χ3v) is 6.29. The van der Waals surface area contributed by atoms with Crippen molar-refractivity contribution < 1.29 is 23.8 Å². The van der Waals surface area contributed by atoms with Crippen molar-refractivity contribution in [2.24, 2.45) is 11.5 Å². The number of carbonyl (C=O) groups is 2. The van der Waals surface area contributed by atoms with Crippen molar-refractivity contribution >= 4 is 23.6 Å². The van der Waals surface area contributed by atoms with Crippen LogP contribution in [-0.2, 0) is 19.0 Å². The van der Waals surface area contributed by atoms with E-state index in [1.54, 1.807) is 0 Å². The first-order valence-electron chi connectivity index (χ1n) is 10.0. The molecule has 0 aromatic carbocycles. The van der Waals surface area contributed by atoms with Crippen LogP contribution in [0, 0.1) is 0 Å². The van der Waals surface area contributed by atoms with E-state index in [0.717, 1.165) is 25.0 Å². The lowest BCUT2D eigenvalue weighted by Gasteiger charge is -2.18. The first kappa shape index (κ1) is 23.4. The van der Waals surface area contributed by atoms with Gasteiger partial charge in [-0.15, -0.1) is 0 Å². The SMILES string of the molecule is CCOC(COCCOCC(N)N)C(=O)CCCC[C@@H]1SC[C@@H]2NC(=O)N[C@@H]21. The number of nitrogens with two attached hydrogens (primary N) is 2. The first-order valence-corrected chi connectivity index (χ1v) is 11.1. The van der Waals surface area contributed by atoms with E-state index in [4.69, 9.17) is 25.7 Å². The molecule has 0 saturated carbocycles. The quantitative estimate of drug-likeness (QED) is 0.165. The molecule has 4 atom stereocenters. The fraction of sp³-hybridized carbons (Fsp3) is 0.889. The van der Waals surface area contributed by atoms with E-state index in [9.17, 15) is 9.59 Å². The Hall–Kier alpha value is -0.910. The molecule has 0 aromatic rings. The monoisotopic (exact) mass is 418 g/mol. The summed E-state index contributed by atoms with van der Waals surface area (Å²) in [6.07, 6.45) is 2.21. The van der Waals surface area contributed by atoms with E-state index in [0.29, 0.717) is 31.5 Å². The Morgan fingerprint density at radius 2 is 1.96 bits per heavy atom. The minimum Gasteiger partial charge on any atom is -0.376 e. The lowest BCUT2D eigenvalue weighted by atomic mass is 10.0. The van der Waals surface area contributed by atoms with E-state index >= 15 is 0 Å². The highest BCUT2D eigenvalue weighted by atomic mass is 32.2. The van der Waals surface area contributed by atoms with Crippen LogP contribution in [-0.4, -0.2) is 80.2 Å². The van der Waals surface area contributed by atoms with Gasteiger partial charge in [0.05, 0.1) is 44.7 Å². The number of amides is 2. The summed E-state index contributed by atoms with van der Waals surface area (Å²) in [4.78, 5) is 23.8. The van der Waals surface area contributed by atoms with Gasteiger partial charge in [-0.05, 0) is 19.8 Å². The number of Topliss-reactive ketones (excluding diaryl/α,β-unsaturated/α-hetero) is 1. The van der Waals surface area contributed by atoms with Gasteiger partial charge in [0.15, 0.2) is 5.78 Å². The van der Waals surface area contributed by atoms with Gasteiger partial charge in [0.1, 0.15) is 6.10 Å². The van der Waals surface area contributed by atoms with Crippen molar-refractivity contribution in [2.75, 3.05) is 38.8 Å². The van der Waals surface area contributed by atoms with E-state index in [1.807, 2.05) is 18.7 Å². The Labute approximate surface area is 170 Å². The highest BCUT2D eigenvalue weighted by molar-refractivity contribution is 8.00. The van der Waals surface area contributed by atoms with Crippen LogP contribution in [0.25, 0.3) is 0 Å². The number of fused-ring (bicyclic) bond motifs is 1. The van der Waals surface area contributed by atoms with Gasteiger partial charge < -0.3 is 36.3 Å². The molecule has 2 saturated heterocycles. The average molecular weight is 419 g/mol. The largest absolute Gasteiger partial charge is 0.376 e. The van der Waals surface area contributed by atoms with Gasteiger partial charge in [-0.1, -0.05) is 6.42 Å². The second-order valence-corrected chi connectivity index (χ2v) is 8.36. The van der Waals surface area contributed by atoms with Crippen molar-refractivity contribution in [3.8, 4) is 0 Å². The van der Waals surface area contributed by atoms with Crippen LogP contribution >= 0.6 is 11.8 Å². The van der Waals surface area contributed by atoms with Crippen molar-refractivity contribution in [3.63, 3.8) is 0 Å². The molecule has 9 nitrogen and oxygen atoms in total. The number of rotatable bonds is 15. The standard InChI is InChI=1S/C18H34N4O5S/c1-2-27-14(9-25-7-8-26-10-16(19)20)13(23)5-3-4-6-15-17-12(11-28-15)21-18(24)22-17/h12,14-17H,2-11,19-20H2,1H3,(H2,21,22,24)/t12-,14?,15-,17-/m0/s1. The maximum absolute atomic E-state index is 12.4. The molecule has 2 heterocycles. The van der Waals surface area contributed by atoms with E-state index < -0.39 is 12.3 Å². The zero-order chi connectivity index (χ0) is 20.4. The number of urea groups is 1. The smallest absolute Gasteiger partial charge is 0.315 e. The van der Waals surface area contributed by atoms with Crippen LogP contribution in [0.5, 0.6) is 0 Å². The maximum atomic E-state index is 12.4. The lowest BCUT2D eigenvalue weighted by Crippen LogP contribution is -2.36. The summed E-state index contributed by atoms with van der Waals surface area (Å²) in [5, 5.41) is 6.36. The summed E-state index contributed by atoms with van der Waals surface area (Å²) >= 11 is 1.89. The molecule has 162 valence electrons. The van der Waals surface area contributed by atoms with E-state index in [2.05, 4.69) is 10.6 Å². The Kier molecular flexibility index (Phi) is 10.5. The van der Waals surface area contributed by atoms with Gasteiger partial charge in [-0.2, -0.15) is 11.8 Å². The van der Waals surface area contributed by atoms with Crippen molar-refractivity contribution in [1.29, 1.82) is 0 Å². The molecule has 10 heteroatoms. The average Bonchev–Trinajstić information content (AvgIpc) is 3.19. The third kappa shape index (κ3) is 7.84.